The maximum absolute atomic E-state index is 12.9. The largest absolute Gasteiger partial charge is 0.349 e. The van der Waals surface area contributed by atoms with E-state index in [1.807, 2.05) is 0 Å². The highest BCUT2D eigenvalue weighted by Crippen LogP contribution is 2.17. The maximum atomic E-state index is 12.9. The average Bonchev–Trinajstić information content (AvgIpc) is 2.27. The van der Waals surface area contributed by atoms with Crippen molar-refractivity contribution >= 4 is 21.8 Å². The van der Waals surface area contributed by atoms with E-state index in [0.717, 1.165) is 0 Å². The molecule has 0 radical (unpaired) electrons. The van der Waals surface area contributed by atoms with Gasteiger partial charge in [0.05, 0.1) is 5.56 Å². The van der Waals surface area contributed by atoms with Crippen molar-refractivity contribution in [3.05, 3.63) is 46.2 Å². The van der Waals surface area contributed by atoms with Gasteiger partial charge in [0.2, 0.25) is 0 Å². The molecule has 0 unspecified atom stereocenters. The number of carbonyl (C=O) groups excluding carboxylic acids is 1. The molecule has 0 saturated heterocycles. The summed E-state index contributed by atoms with van der Waals surface area (Å²) in [5.41, 5.74) is 5.52. The summed E-state index contributed by atoms with van der Waals surface area (Å²) in [4.78, 5) is 11.6. The summed E-state index contributed by atoms with van der Waals surface area (Å²) in [5.74, 6) is -0.765. The van der Waals surface area contributed by atoms with E-state index in [1.165, 1.54) is 18.2 Å². The van der Waals surface area contributed by atoms with E-state index in [2.05, 4.69) is 21.2 Å². The molecule has 1 aromatic rings. The molecule has 3 N–H and O–H groups in total. The van der Waals surface area contributed by atoms with Crippen LogP contribution in [0.2, 0.25) is 0 Å². The number of hydrogen-bond donors (Lipinski definition) is 2. The Labute approximate surface area is 102 Å². The fourth-order valence-corrected chi connectivity index (χ4v) is 1.52. The molecule has 0 aliphatic rings. The lowest BCUT2D eigenvalue weighted by Gasteiger charge is -2.04. The second kappa shape index (κ2) is 6.40. The van der Waals surface area contributed by atoms with Crippen molar-refractivity contribution in [2.24, 2.45) is 5.73 Å². The zero-order chi connectivity index (χ0) is 12.0. The van der Waals surface area contributed by atoms with Gasteiger partial charge in [-0.15, -0.1) is 0 Å². The zero-order valence-electron chi connectivity index (χ0n) is 8.54. The predicted molar refractivity (Wildman–Crippen MR) is 64.6 cm³/mol. The summed E-state index contributed by atoms with van der Waals surface area (Å²) in [6, 6.07) is 3.97. The van der Waals surface area contributed by atoms with Gasteiger partial charge in [0.25, 0.3) is 5.91 Å². The molecular formula is C11H12BrFN2O. The fraction of sp³-hybridized carbons (Fsp3) is 0.182. The first-order chi connectivity index (χ1) is 7.65. The molecule has 5 heteroatoms. The summed E-state index contributed by atoms with van der Waals surface area (Å²) in [6.45, 7) is 0.804. The number of amides is 1. The first-order valence-electron chi connectivity index (χ1n) is 4.73. The summed E-state index contributed by atoms with van der Waals surface area (Å²) < 4.78 is 13.5. The number of carbonyl (C=O) groups is 1. The molecule has 0 aromatic heterocycles. The van der Waals surface area contributed by atoms with Crippen molar-refractivity contribution in [1.82, 2.24) is 5.32 Å². The lowest BCUT2D eigenvalue weighted by atomic mass is 10.2. The topological polar surface area (TPSA) is 55.1 Å². The van der Waals surface area contributed by atoms with Crippen molar-refractivity contribution < 1.29 is 9.18 Å². The molecular weight excluding hydrogens is 275 g/mol. The van der Waals surface area contributed by atoms with E-state index in [4.69, 9.17) is 5.73 Å². The number of hydrogen-bond acceptors (Lipinski definition) is 2. The molecule has 0 bridgehead atoms. The Kier molecular flexibility index (Phi) is 5.14. The van der Waals surface area contributed by atoms with Crippen LogP contribution in [0.3, 0.4) is 0 Å². The van der Waals surface area contributed by atoms with Crippen LogP contribution in [0.25, 0.3) is 0 Å². The predicted octanol–water partition coefficient (Wildman–Crippen LogP) is 1.83. The van der Waals surface area contributed by atoms with Crippen LogP contribution in [-0.2, 0) is 0 Å². The molecule has 0 atom stereocenters. The molecule has 1 aromatic carbocycles. The minimum atomic E-state index is -0.439. The molecule has 0 aliphatic heterocycles. The minimum absolute atomic E-state index is 0.279. The fourth-order valence-electron chi connectivity index (χ4n) is 1.10. The standard InChI is InChI=1S/C11H12BrFN2O/c12-10-4-3-8(13)7-9(10)11(16)15-6-2-1-5-14/h1-4,7H,5-6,14H2,(H,15,16)/b2-1+. The Bertz CT molecular complexity index is 407. The number of nitrogens with two attached hydrogens (primary N) is 1. The molecule has 0 aliphatic carbocycles. The van der Waals surface area contributed by atoms with Gasteiger partial charge in [0, 0.05) is 17.6 Å². The van der Waals surface area contributed by atoms with Crippen LogP contribution >= 0.6 is 15.9 Å². The molecule has 1 rings (SSSR count). The van der Waals surface area contributed by atoms with Crippen LogP contribution < -0.4 is 11.1 Å². The van der Waals surface area contributed by atoms with Crippen LogP contribution in [0, 0.1) is 5.82 Å². The van der Waals surface area contributed by atoms with Crippen LogP contribution in [0.1, 0.15) is 10.4 Å². The van der Waals surface area contributed by atoms with Crippen molar-refractivity contribution in [3.63, 3.8) is 0 Å². The van der Waals surface area contributed by atoms with Crippen molar-refractivity contribution in [2.45, 2.75) is 0 Å². The van der Waals surface area contributed by atoms with Crippen LogP contribution in [0.5, 0.6) is 0 Å². The van der Waals surface area contributed by atoms with Crippen LogP contribution in [-0.4, -0.2) is 19.0 Å². The van der Waals surface area contributed by atoms with E-state index in [9.17, 15) is 9.18 Å². The highest BCUT2D eigenvalue weighted by atomic mass is 79.9. The Morgan fingerprint density at radius 2 is 2.25 bits per heavy atom. The summed E-state index contributed by atoms with van der Waals surface area (Å²) in [6.07, 6.45) is 3.48. The molecule has 86 valence electrons. The third-order valence-corrected chi connectivity index (χ3v) is 2.55. The molecule has 3 nitrogen and oxygen atoms in total. The van der Waals surface area contributed by atoms with Gasteiger partial charge in [-0.25, -0.2) is 4.39 Å². The Hall–Kier alpha value is -1.20. The SMILES string of the molecule is NC/C=C/CNC(=O)c1cc(F)ccc1Br. The molecule has 0 heterocycles. The van der Waals surface area contributed by atoms with Gasteiger partial charge in [0.1, 0.15) is 5.82 Å². The number of nitrogens with one attached hydrogen (secondary N) is 1. The highest BCUT2D eigenvalue weighted by Gasteiger charge is 2.09. The third kappa shape index (κ3) is 3.75. The lowest BCUT2D eigenvalue weighted by molar-refractivity contribution is 0.0957. The van der Waals surface area contributed by atoms with Crippen molar-refractivity contribution in [2.75, 3.05) is 13.1 Å². The summed E-state index contributed by atoms with van der Waals surface area (Å²) in [5, 5.41) is 2.62. The Balaban J connectivity index is 2.65. The Morgan fingerprint density at radius 1 is 1.50 bits per heavy atom. The van der Waals surface area contributed by atoms with E-state index in [1.54, 1.807) is 12.2 Å². The van der Waals surface area contributed by atoms with Gasteiger partial charge >= 0.3 is 0 Å². The van der Waals surface area contributed by atoms with Crippen LogP contribution in [0.15, 0.2) is 34.8 Å². The van der Waals surface area contributed by atoms with Gasteiger partial charge in [-0.1, -0.05) is 12.2 Å². The normalized spacial score (nSPS) is 10.7. The zero-order valence-corrected chi connectivity index (χ0v) is 10.1. The minimum Gasteiger partial charge on any atom is -0.349 e. The lowest BCUT2D eigenvalue weighted by Crippen LogP contribution is -2.24. The molecule has 1 amide bonds. The first-order valence-corrected chi connectivity index (χ1v) is 5.52. The molecule has 0 fully saturated rings. The van der Waals surface area contributed by atoms with E-state index >= 15 is 0 Å². The number of benzene rings is 1. The van der Waals surface area contributed by atoms with Gasteiger partial charge < -0.3 is 11.1 Å². The third-order valence-electron chi connectivity index (χ3n) is 1.86. The van der Waals surface area contributed by atoms with E-state index in [-0.39, 0.29) is 11.5 Å². The smallest absolute Gasteiger partial charge is 0.252 e. The monoisotopic (exact) mass is 286 g/mol. The first kappa shape index (κ1) is 12.9. The second-order valence-corrected chi connectivity index (χ2v) is 3.90. The van der Waals surface area contributed by atoms with E-state index in [0.29, 0.717) is 17.6 Å². The van der Waals surface area contributed by atoms with Crippen molar-refractivity contribution in [3.8, 4) is 0 Å². The van der Waals surface area contributed by atoms with Gasteiger partial charge in [-0.3, -0.25) is 4.79 Å². The Morgan fingerprint density at radius 3 is 2.94 bits per heavy atom. The summed E-state index contributed by atoms with van der Waals surface area (Å²) >= 11 is 3.19. The van der Waals surface area contributed by atoms with Gasteiger partial charge in [-0.05, 0) is 34.1 Å². The maximum Gasteiger partial charge on any atom is 0.252 e. The van der Waals surface area contributed by atoms with E-state index < -0.39 is 5.82 Å². The average molecular weight is 287 g/mol. The number of rotatable bonds is 4. The highest BCUT2D eigenvalue weighted by molar-refractivity contribution is 9.10. The second-order valence-electron chi connectivity index (χ2n) is 3.04. The molecule has 0 spiro atoms. The quantitative estimate of drug-likeness (QED) is 0.830. The number of halogens is 2. The van der Waals surface area contributed by atoms with Gasteiger partial charge in [-0.2, -0.15) is 0 Å². The van der Waals surface area contributed by atoms with Crippen LogP contribution in [0.4, 0.5) is 4.39 Å². The molecule has 0 saturated carbocycles. The molecule has 16 heavy (non-hydrogen) atoms. The summed E-state index contributed by atoms with van der Waals surface area (Å²) in [7, 11) is 0. The van der Waals surface area contributed by atoms with Crippen molar-refractivity contribution in [1.29, 1.82) is 0 Å². The van der Waals surface area contributed by atoms with Gasteiger partial charge in [0.15, 0.2) is 0 Å².